The van der Waals surface area contributed by atoms with Gasteiger partial charge in [-0.25, -0.2) is 5.43 Å². The molecule has 4 aromatic rings. The van der Waals surface area contributed by atoms with Crippen LogP contribution >= 0.6 is 0 Å². The number of nitrogens with one attached hydrogen (secondary N) is 1. The first-order valence-corrected chi connectivity index (χ1v) is 10.8. The van der Waals surface area contributed by atoms with E-state index in [2.05, 4.69) is 82.4 Å². The SMILES string of the molecule is CCN(CC)c1ccc(C=NNC(=O)CCn2c3ccccc3c3ccccc32)cc1. The molecule has 1 heterocycles. The number of benzene rings is 3. The number of anilines is 1. The van der Waals surface area contributed by atoms with Crippen molar-refractivity contribution in [2.45, 2.75) is 26.8 Å². The van der Waals surface area contributed by atoms with Gasteiger partial charge in [0, 0.05) is 53.5 Å². The molecule has 4 rings (SSSR count). The van der Waals surface area contributed by atoms with Crippen molar-refractivity contribution < 1.29 is 4.79 Å². The van der Waals surface area contributed by atoms with E-state index in [1.54, 1.807) is 6.21 Å². The van der Waals surface area contributed by atoms with Gasteiger partial charge < -0.3 is 9.47 Å². The maximum absolute atomic E-state index is 12.4. The van der Waals surface area contributed by atoms with E-state index in [4.69, 9.17) is 0 Å². The van der Waals surface area contributed by atoms with Crippen LogP contribution in [0.2, 0.25) is 0 Å². The number of hydrogen-bond acceptors (Lipinski definition) is 3. The minimum Gasteiger partial charge on any atom is -0.372 e. The van der Waals surface area contributed by atoms with Crippen molar-refractivity contribution in [1.82, 2.24) is 9.99 Å². The molecule has 3 aromatic carbocycles. The van der Waals surface area contributed by atoms with E-state index in [1.165, 1.54) is 16.5 Å². The Balaban J connectivity index is 1.39. The fourth-order valence-electron chi connectivity index (χ4n) is 4.05. The molecule has 31 heavy (non-hydrogen) atoms. The molecule has 0 atom stereocenters. The summed E-state index contributed by atoms with van der Waals surface area (Å²) >= 11 is 0. The predicted octanol–water partition coefficient (Wildman–Crippen LogP) is 5.18. The van der Waals surface area contributed by atoms with Gasteiger partial charge in [0.2, 0.25) is 5.91 Å². The van der Waals surface area contributed by atoms with Gasteiger partial charge in [-0.3, -0.25) is 4.79 Å². The lowest BCUT2D eigenvalue weighted by Crippen LogP contribution is -2.21. The molecule has 1 aromatic heterocycles. The van der Waals surface area contributed by atoms with Crippen LogP contribution in [0.25, 0.3) is 21.8 Å². The third-order valence-electron chi connectivity index (χ3n) is 5.67. The van der Waals surface area contributed by atoms with Crippen molar-refractivity contribution >= 4 is 39.6 Å². The summed E-state index contributed by atoms with van der Waals surface area (Å²) in [7, 11) is 0. The zero-order chi connectivity index (χ0) is 21.6. The highest BCUT2D eigenvalue weighted by Gasteiger charge is 2.10. The van der Waals surface area contributed by atoms with Crippen molar-refractivity contribution in [3.8, 4) is 0 Å². The van der Waals surface area contributed by atoms with Crippen LogP contribution in [0.4, 0.5) is 5.69 Å². The van der Waals surface area contributed by atoms with Gasteiger partial charge in [0.25, 0.3) is 0 Å². The van der Waals surface area contributed by atoms with Crippen LogP contribution in [-0.4, -0.2) is 29.8 Å². The molecular weight excluding hydrogens is 384 g/mol. The van der Waals surface area contributed by atoms with Gasteiger partial charge in [0.05, 0.1) is 6.21 Å². The van der Waals surface area contributed by atoms with E-state index in [9.17, 15) is 4.79 Å². The molecule has 5 nitrogen and oxygen atoms in total. The smallest absolute Gasteiger partial charge is 0.241 e. The summed E-state index contributed by atoms with van der Waals surface area (Å²) in [5, 5.41) is 6.56. The fourth-order valence-corrected chi connectivity index (χ4v) is 4.05. The second kappa shape index (κ2) is 9.47. The summed E-state index contributed by atoms with van der Waals surface area (Å²) in [5.41, 5.74) is 7.10. The van der Waals surface area contributed by atoms with Crippen molar-refractivity contribution in [3.63, 3.8) is 0 Å². The highest BCUT2D eigenvalue weighted by Crippen LogP contribution is 2.28. The number of hydrogen-bond donors (Lipinski definition) is 1. The molecule has 1 amide bonds. The molecule has 0 unspecified atom stereocenters. The molecule has 1 N–H and O–H groups in total. The molecule has 5 heteroatoms. The molecule has 0 aliphatic carbocycles. The van der Waals surface area contributed by atoms with Crippen LogP contribution in [0.3, 0.4) is 0 Å². The van der Waals surface area contributed by atoms with E-state index in [-0.39, 0.29) is 5.91 Å². The first-order chi connectivity index (χ1) is 15.2. The topological polar surface area (TPSA) is 49.6 Å². The van der Waals surface area contributed by atoms with Crippen LogP contribution in [0, 0.1) is 0 Å². The largest absolute Gasteiger partial charge is 0.372 e. The molecule has 0 bridgehead atoms. The Morgan fingerprint density at radius 1 is 0.903 bits per heavy atom. The summed E-state index contributed by atoms with van der Waals surface area (Å²) in [5.74, 6) is -0.0992. The van der Waals surface area contributed by atoms with Gasteiger partial charge in [0.15, 0.2) is 0 Å². The van der Waals surface area contributed by atoms with Gasteiger partial charge in [0.1, 0.15) is 0 Å². The van der Waals surface area contributed by atoms with Crippen LogP contribution in [0.1, 0.15) is 25.8 Å². The third-order valence-corrected chi connectivity index (χ3v) is 5.67. The Labute approximate surface area is 183 Å². The number of aryl methyl sites for hydroxylation is 1. The number of nitrogens with zero attached hydrogens (tertiary/aromatic N) is 3. The highest BCUT2D eigenvalue weighted by atomic mass is 16.2. The third kappa shape index (κ3) is 4.45. The van der Waals surface area contributed by atoms with Crippen LogP contribution in [0.5, 0.6) is 0 Å². The molecule has 0 saturated carbocycles. The lowest BCUT2D eigenvalue weighted by atomic mass is 10.2. The Kier molecular flexibility index (Phi) is 6.32. The highest BCUT2D eigenvalue weighted by molar-refractivity contribution is 6.08. The average molecular weight is 413 g/mol. The van der Waals surface area contributed by atoms with Gasteiger partial charge in [-0.05, 0) is 43.7 Å². The van der Waals surface area contributed by atoms with Crippen LogP contribution in [0.15, 0.2) is 77.9 Å². The minimum atomic E-state index is -0.0992. The van der Waals surface area contributed by atoms with E-state index < -0.39 is 0 Å². The van der Waals surface area contributed by atoms with Gasteiger partial charge in [-0.2, -0.15) is 5.10 Å². The van der Waals surface area contributed by atoms with Crippen molar-refractivity contribution in [3.05, 3.63) is 78.4 Å². The lowest BCUT2D eigenvalue weighted by molar-refractivity contribution is -0.121. The quantitative estimate of drug-likeness (QED) is 0.320. The summed E-state index contributed by atoms with van der Waals surface area (Å²) < 4.78 is 2.21. The number of carbonyl (C=O) groups excluding carboxylic acids is 1. The molecule has 0 aliphatic rings. The Bertz CT molecular complexity index is 1150. The number of rotatable bonds is 8. The molecule has 0 spiro atoms. The van der Waals surface area contributed by atoms with Crippen LogP contribution < -0.4 is 10.3 Å². The Morgan fingerprint density at radius 2 is 1.48 bits per heavy atom. The second-order valence-corrected chi connectivity index (χ2v) is 7.49. The summed E-state index contributed by atoms with van der Waals surface area (Å²) in [6, 6.07) is 24.8. The number of hydrazone groups is 1. The van der Waals surface area contributed by atoms with E-state index >= 15 is 0 Å². The predicted molar refractivity (Wildman–Crippen MR) is 130 cm³/mol. The number of aromatic nitrogens is 1. The first kappa shape index (κ1) is 20.7. The molecule has 0 fully saturated rings. The minimum absolute atomic E-state index is 0.0992. The molecule has 0 radical (unpaired) electrons. The van der Waals surface area contributed by atoms with E-state index in [0.717, 1.165) is 29.7 Å². The van der Waals surface area contributed by atoms with Gasteiger partial charge in [-0.1, -0.05) is 48.5 Å². The zero-order valence-electron chi connectivity index (χ0n) is 18.1. The van der Waals surface area contributed by atoms with Crippen molar-refractivity contribution in [2.75, 3.05) is 18.0 Å². The van der Waals surface area contributed by atoms with E-state index in [1.807, 2.05) is 24.3 Å². The Morgan fingerprint density at radius 3 is 2.06 bits per heavy atom. The number of para-hydroxylation sites is 2. The molecule has 0 saturated heterocycles. The molecule has 0 aliphatic heterocycles. The lowest BCUT2D eigenvalue weighted by Gasteiger charge is -2.20. The first-order valence-electron chi connectivity index (χ1n) is 10.8. The fraction of sp³-hybridized carbons (Fsp3) is 0.231. The number of amides is 1. The van der Waals surface area contributed by atoms with Crippen molar-refractivity contribution in [1.29, 1.82) is 0 Å². The number of fused-ring (bicyclic) bond motifs is 3. The van der Waals surface area contributed by atoms with Crippen molar-refractivity contribution in [2.24, 2.45) is 5.10 Å². The summed E-state index contributed by atoms with van der Waals surface area (Å²) in [6.45, 7) is 6.85. The number of carbonyl (C=O) groups is 1. The maximum atomic E-state index is 12.4. The maximum Gasteiger partial charge on any atom is 0.241 e. The Hall–Kier alpha value is -3.60. The summed E-state index contributed by atoms with van der Waals surface area (Å²) in [6.07, 6.45) is 2.05. The summed E-state index contributed by atoms with van der Waals surface area (Å²) in [4.78, 5) is 14.7. The van der Waals surface area contributed by atoms with E-state index in [0.29, 0.717) is 13.0 Å². The average Bonchev–Trinajstić information content (AvgIpc) is 3.13. The normalized spacial score (nSPS) is 11.4. The second-order valence-electron chi connectivity index (χ2n) is 7.49. The molecular formula is C26H28N4O. The standard InChI is InChI=1S/C26H28N4O/c1-3-29(4-2)21-15-13-20(14-16-21)19-27-28-26(31)17-18-30-24-11-7-5-9-22(24)23-10-6-8-12-25(23)30/h5-16,19H,3-4,17-18H2,1-2H3,(H,28,31). The molecule has 158 valence electrons. The monoisotopic (exact) mass is 412 g/mol. The van der Waals surface area contributed by atoms with Gasteiger partial charge in [-0.15, -0.1) is 0 Å². The van der Waals surface area contributed by atoms with Gasteiger partial charge >= 0.3 is 0 Å². The van der Waals surface area contributed by atoms with Crippen LogP contribution in [-0.2, 0) is 11.3 Å². The zero-order valence-corrected chi connectivity index (χ0v) is 18.1.